The number of methoxy groups -OCH3 is 3. The lowest BCUT2D eigenvalue weighted by atomic mass is 10.3. The molecule has 0 radical (unpaired) electrons. The molecule has 3 rings (SSSR count). The van der Waals surface area contributed by atoms with Gasteiger partial charge in [0.05, 0.1) is 21.3 Å². The number of nitrogens with zero attached hydrogens (tertiary/aromatic N) is 3. The topological polar surface area (TPSA) is 118 Å². The van der Waals surface area contributed by atoms with Crippen molar-refractivity contribution in [2.45, 2.75) is 19.6 Å². The van der Waals surface area contributed by atoms with E-state index in [1.165, 1.54) is 39.5 Å². The van der Waals surface area contributed by atoms with Gasteiger partial charge in [-0.3, -0.25) is 4.79 Å². The molecule has 11 heteroatoms. The predicted molar refractivity (Wildman–Crippen MR) is 116 cm³/mol. The van der Waals surface area contributed by atoms with Crippen molar-refractivity contribution in [2.75, 3.05) is 26.6 Å². The summed E-state index contributed by atoms with van der Waals surface area (Å²) in [5, 5.41) is 2.68. The van der Waals surface area contributed by atoms with Gasteiger partial charge < -0.3 is 28.7 Å². The zero-order valence-corrected chi connectivity index (χ0v) is 19.2. The van der Waals surface area contributed by atoms with Crippen LogP contribution in [0.1, 0.15) is 10.6 Å². The van der Waals surface area contributed by atoms with Crippen LogP contribution in [-0.4, -0.2) is 50.3 Å². The maximum absolute atomic E-state index is 12.7. The van der Waals surface area contributed by atoms with E-state index < -0.39 is 14.0 Å². The first-order valence-corrected chi connectivity index (χ1v) is 12.8. The lowest BCUT2D eigenvalue weighted by Gasteiger charge is -2.14. The highest BCUT2D eigenvalue weighted by molar-refractivity contribution is 6.87. The van der Waals surface area contributed by atoms with E-state index in [-0.39, 0.29) is 29.2 Å². The van der Waals surface area contributed by atoms with Gasteiger partial charge >= 0.3 is 0 Å². The fraction of sp³-hybridized carbons (Fsp3) is 0.300. The Hall–Kier alpha value is -3.60. The molecular weight excluding hydrogens is 420 g/mol. The minimum absolute atomic E-state index is 0.0226. The highest BCUT2D eigenvalue weighted by atomic mass is 28.3. The number of nitrogens with one attached hydrogen (secondary N) is 1. The monoisotopic (exact) mass is 444 g/mol. The van der Waals surface area contributed by atoms with Gasteiger partial charge in [0, 0.05) is 24.4 Å². The summed E-state index contributed by atoms with van der Waals surface area (Å²) >= 11 is 0. The van der Waals surface area contributed by atoms with E-state index >= 15 is 0 Å². The smallest absolute Gasteiger partial charge is 0.291 e. The van der Waals surface area contributed by atoms with Gasteiger partial charge in [0.2, 0.25) is 17.6 Å². The molecule has 0 bridgehead atoms. The van der Waals surface area contributed by atoms with Crippen molar-refractivity contribution in [2.24, 2.45) is 0 Å². The standard InChI is InChI=1S/C20H24N4O6Si/c1-26-13-11-15(27-2)22-19(28-3)17(13)24-18(25)12-7-8-16(29-12)30-14-9-10-21-20(23-14)31(4,5)6/h7-11H,1-6H3,(H,24,25). The molecule has 0 aliphatic rings. The van der Waals surface area contributed by atoms with E-state index in [2.05, 4.69) is 39.9 Å². The van der Waals surface area contributed by atoms with Crippen molar-refractivity contribution in [3.8, 4) is 29.3 Å². The van der Waals surface area contributed by atoms with Crippen LogP contribution in [0.5, 0.6) is 29.3 Å². The largest absolute Gasteiger partial charge is 0.494 e. The number of hydrogen-bond acceptors (Lipinski definition) is 9. The quantitative estimate of drug-likeness (QED) is 0.523. The van der Waals surface area contributed by atoms with Gasteiger partial charge in [-0.25, -0.2) is 9.97 Å². The lowest BCUT2D eigenvalue weighted by molar-refractivity contribution is 0.0990. The number of hydrogen-bond donors (Lipinski definition) is 1. The molecule has 0 spiro atoms. The van der Waals surface area contributed by atoms with Gasteiger partial charge in [0.15, 0.2) is 11.5 Å². The van der Waals surface area contributed by atoms with Crippen LogP contribution in [-0.2, 0) is 0 Å². The second-order valence-corrected chi connectivity index (χ2v) is 12.3. The minimum atomic E-state index is -1.70. The fourth-order valence-corrected chi connectivity index (χ4v) is 3.45. The van der Waals surface area contributed by atoms with Crippen LogP contribution in [0, 0.1) is 0 Å². The molecule has 0 saturated carbocycles. The van der Waals surface area contributed by atoms with Crippen molar-refractivity contribution >= 4 is 25.1 Å². The summed E-state index contributed by atoms with van der Waals surface area (Å²) in [7, 11) is 2.65. The number of rotatable bonds is 8. The molecule has 3 heterocycles. The van der Waals surface area contributed by atoms with Crippen LogP contribution in [0.4, 0.5) is 5.69 Å². The van der Waals surface area contributed by atoms with Crippen molar-refractivity contribution in [3.05, 3.63) is 36.2 Å². The molecule has 0 aliphatic carbocycles. The third kappa shape index (κ3) is 5.12. The minimum Gasteiger partial charge on any atom is -0.494 e. The van der Waals surface area contributed by atoms with Gasteiger partial charge in [0.25, 0.3) is 11.9 Å². The summed E-state index contributed by atoms with van der Waals surface area (Å²) in [5.41, 5.74) is 1.01. The van der Waals surface area contributed by atoms with Crippen molar-refractivity contribution in [3.63, 3.8) is 0 Å². The summed E-state index contributed by atoms with van der Waals surface area (Å²) in [6, 6.07) is 6.18. The number of anilines is 1. The number of carbonyl (C=O) groups excluding carboxylic acids is 1. The molecule has 3 aromatic rings. The maximum Gasteiger partial charge on any atom is 0.291 e. The number of ether oxygens (including phenoxy) is 4. The Balaban J connectivity index is 1.79. The van der Waals surface area contributed by atoms with Crippen LogP contribution in [0.3, 0.4) is 0 Å². The molecule has 0 saturated heterocycles. The molecule has 0 atom stereocenters. The number of pyridine rings is 1. The molecule has 164 valence electrons. The molecular formula is C20H24N4O6Si. The number of aromatic nitrogens is 3. The molecule has 0 unspecified atom stereocenters. The molecule has 1 amide bonds. The second-order valence-electron chi connectivity index (χ2n) is 7.39. The maximum atomic E-state index is 12.7. The highest BCUT2D eigenvalue weighted by Crippen LogP contribution is 2.36. The Kier molecular flexibility index (Phi) is 6.44. The average molecular weight is 445 g/mol. The zero-order valence-electron chi connectivity index (χ0n) is 18.2. The number of amides is 1. The number of furan rings is 1. The Morgan fingerprint density at radius 1 is 1.00 bits per heavy atom. The van der Waals surface area contributed by atoms with Gasteiger partial charge in [-0.2, -0.15) is 4.98 Å². The summed E-state index contributed by atoms with van der Waals surface area (Å²) < 4.78 is 26.8. The third-order valence-corrected chi connectivity index (χ3v) is 5.68. The summed E-state index contributed by atoms with van der Waals surface area (Å²) in [6.45, 7) is 6.41. The van der Waals surface area contributed by atoms with E-state index in [1.807, 2.05) is 0 Å². The first kappa shape index (κ1) is 22.1. The summed E-state index contributed by atoms with van der Waals surface area (Å²) in [5.74, 6) is 0.683. The number of carbonyl (C=O) groups is 1. The first-order chi connectivity index (χ1) is 14.7. The third-order valence-electron chi connectivity index (χ3n) is 4.10. The van der Waals surface area contributed by atoms with Crippen molar-refractivity contribution < 1.29 is 28.2 Å². The first-order valence-electron chi connectivity index (χ1n) is 9.34. The molecule has 0 aromatic carbocycles. The van der Waals surface area contributed by atoms with Gasteiger partial charge in [-0.15, -0.1) is 0 Å². The second kappa shape index (κ2) is 9.04. The molecule has 0 fully saturated rings. The highest BCUT2D eigenvalue weighted by Gasteiger charge is 2.22. The Morgan fingerprint density at radius 2 is 1.77 bits per heavy atom. The van der Waals surface area contributed by atoms with Crippen LogP contribution in [0.25, 0.3) is 0 Å². The lowest BCUT2D eigenvalue weighted by Crippen LogP contribution is -2.42. The molecule has 10 nitrogen and oxygen atoms in total. The molecule has 31 heavy (non-hydrogen) atoms. The fourth-order valence-electron chi connectivity index (χ4n) is 2.54. The van der Waals surface area contributed by atoms with Crippen molar-refractivity contribution in [1.29, 1.82) is 0 Å². The van der Waals surface area contributed by atoms with Crippen LogP contribution < -0.4 is 29.7 Å². The predicted octanol–water partition coefficient (Wildman–Crippen LogP) is 3.08. The average Bonchev–Trinajstić information content (AvgIpc) is 3.21. The molecule has 0 aliphatic heterocycles. The van der Waals surface area contributed by atoms with E-state index in [9.17, 15) is 4.79 Å². The van der Waals surface area contributed by atoms with Crippen LogP contribution >= 0.6 is 0 Å². The Labute approximate surface area is 180 Å². The van der Waals surface area contributed by atoms with Gasteiger partial charge in [-0.1, -0.05) is 19.6 Å². The zero-order chi connectivity index (χ0) is 22.6. The summed E-state index contributed by atoms with van der Waals surface area (Å²) in [4.78, 5) is 25.6. The van der Waals surface area contributed by atoms with E-state index in [4.69, 9.17) is 23.4 Å². The van der Waals surface area contributed by atoms with E-state index in [0.717, 1.165) is 5.45 Å². The van der Waals surface area contributed by atoms with Crippen molar-refractivity contribution in [1.82, 2.24) is 15.0 Å². The van der Waals surface area contributed by atoms with Gasteiger partial charge in [-0.05, 0) is 6.07 Å². The van der Waals surface area contributed by atoms with Gasteiger partial charge in [0.1, 0.15) is 19.2 Å². The molecule has 3 aromatic heterocycles. The summed E-state index contributed by atoms with van der Waals surface area (Å²) in [6.07, 6.45) is 1.64. The Bertz CT molecular complexity index is 1050. The van der Waals surface area contributed by atoms with Crippen LogP contribution in [0.2, 0.25) is 19.6 Å². The SMILES string of the molecule is COc1cc(OC)c(NC(=O)c2ccc(Oc3ccnc([Si](C)(C)C)n3)o2)c(OC)n1. The normalized spacial score (nSPS) is 11.0. The van der Waals surface area contributed by atoms with E-state index in [0.29, 0.717) is 11.6 Å². The Morgan fingerprint density at radius 3 is 2.42 bits per heavy atom. The van der Waals surface area contributed by atoms with Crippen LogP contribution in [0.15, 0.2) is 34.9 Å². The van der Waals surface area contributed by atoms with E-state index in [1.54, 1.807) is 12.3 Å². The molecule has 1 N–H and O–H groups in total.